The first-order valence-corrected chi connectivity index (χ1v) is 11.0. The van der Waals surface area contributed by atoms with Crippen molar-refractivity contribution in [1.29, 1.82) is 0 Å². The first kappa shape index (κ1) is 23.0. The third-order valence-electron chi connectivity index (χ3n) is 5.55. The Bertz CT molecular complexity index is 1200. The normalized spacial score (nSPS) is 17.3. The SMILES string of the molecule is COc1ccc(C(O)=C2C(=O)C(=O)N(Cc3cccnc3)[C@H]2c2ccc(OC(C)C)cc2)cc1. The number of aromatic nitrogens is 1. The number of ketones is 1. The van der Waals surface area contributed by atoms with Crippen LogP contribution in [0, 0.1) is 0 Å². The largest absolute Gasteiger partial charge is 0.507 e. The summed E-state index contributed by atoms with van der Waals surface area (Å²) in [7, 11) is 1.55. The van der Waals surface area contributed by atoms with E-state index < -0.39 is 17.7 Å². The molecule has 7 heteroatoms. The van der Waals surface area contributed by atoms with Gasteiger partial charge in [-0.2, -0.15) is 0 Å². The molecule has 174 valence electrons. The number of carbonyl (C=O) groups excluding carboxylic acids is 2. The molecule has 0 spiro atoms. The molecule has 0 saturated carbocycles. The van der Waals surface area contributed by atoms with Crippen molar-refractivity contribution in [3.63, 3.8) is 0 Å². The van der Waals surface area contributed by atoms with E-state index in [-0.39, 0.29) is 24.0 Å². The number of rotatable bonds is 7. The van der Waals surface area contributed by atoms with Gasteiger partial charge in [0.15, 0.2) is 0 Å². The maximum atomic E-state index is 13.2. The molecule has 1 atom stereocenters. The van der Waals surface area contributed by atoms with Crippen molar-refractivity contribution in [1.82, 2.24) is 9.88 Å². The predicted molar refractivity (Wildman–Crippen MR) is 127 cm³/mol. The number of Topliss-reactive ketones (excluding diaryl/α,β-unsaturated/α-hetero) is 1. The third-order valence-corrected chi connectivity index (χ3v) is 5.55. The number of hydrogen-bond acceptors (Lipinski definition) is 6. The maximum absolute atomic E-state index is 13.2. The molecule has 2 aromatic carbocycles. The van der Waals surface area contributed by atoms with Crippen molar-refractivity contribution < 1.29 is 24.2 Å². The van der Waals surface area contributed by atoms with Crippen LogP contribution < -0.4 is 9.47 Å². The van der Waals surface area contributed by atoms with E-state index in [1.807, 2.05) is 32.0 Å². The van der Waals surface area contributed by atoms with Crippen molar-refractivity contribution >= 4 is 17.4 Å². The Balaban J connectivity index is 1.80. The second-order valence-electron chi connectivity index (χ2n) is 8.25. The zero-order valence-electron chi connectivity index (χ0n) is 19.3. The number of aliphatic hydroxyl groups is 1. The van der Waals surface area contributed by atoms with Gasteiger partial charge in [-0.1, -0.05) is 18.2 Å². The Morgan fingerprint density at radius 2 is 1.71 bits per heavy atom. The van der Waals surface area contributed by atoms with Gasteiger partial charge in [0.1, 0.15) is 17.3 Å². The number of methoxy groups -OCH3 is 1. The van der Waals surface area contributed by atoms with Crippen LogP contribution in [0.3, 0.4) is 0 Å². The van der Waals surface area contributed by atoms with Crippen LogP contribution in [-0.2, 0) is 16.1 Å². The van der Waals surface area contributed by atoms with Crippen LogP contribution >= 0.6 is 0 Å². The Kier molecular flexibility index (Phi) is 6.63. The summed E-state index contributed by atoms with van der Waals surface area (Å²) in [4.78, 5) is 31.9. The standard InChI is InChI=1S/C27H26N2O5/c1-17(2)34-22-12-6-19(7-13-22)24-23(25(30)20-8-10-21(33-3)11-9-20)26(31)27(32)29(24)16-18-5-4-14-28-15-18/h4-15,17,24,30H,16H2,1-3H3/t24-/m0/s1. The molecule has 1 aliphatic heterocycles. The molecular weight excluding hydrogens is 432 g/mol. The molecule has 1 aliphatic rings. The molecule has 3 aromatic rings. The topological polar surface area (TPSA) is 89.0 Å². The van der Waals surface area contributed by atoms with Crippen LogP contribution in [0.4, 0.5) is 0 Å². The molecule has 1 fully saturated rings. The van der Waals surface area contributed by atoms with Crippen LogP contribution in [0.1, 0.15) is 36.6 Å². The first-order chi connectivity index (χ1) is 16.4. The predicted octanol–water partition coefficient (Wildman–Crippen LogP) is 4.50. The quantitative estimate of drug-likeness (QED) is 0.319. The summed E-state index contributed by atoms with van der Waals surface area (Å²) in [5, 5.41) is 11.2. The highest BCUT2D eigenvalue weighted by Crippen LogP contribution is 2.40. The molecule has 7 nitrogen and oxygen atoms in total. The van der Waals surface area contributed by atoms with Crippen LogP contribution in [0.15, 0.2) is 78.6 Å². The Morgan fingerprint density at radius 3 is 2.29 bits per heavy atom. The number of benzene rings is 2. The second kappa shape index (κ2) is 9.79. The second-order valence-corrected chi connectivity index (χ2v) is 8.25. The van der Waals surface area contributed by atoms with E-state index in [0.717, 1.165) is 5.56 Å². The number of aliphatic hydroxyl groups excluding tert-OH is 1. The molecule has 1 saturated heterocycles. The third kappa shape index (κ3) is 4.64. The van der Waals surface area contributed by atoms with Crippen molar-refractivity contribution in [2.24, 2.45) is 0 Å². The van der Waals surface area contributed by atoms with E-state index in [4.69, 9.17) is 9.47 Å². The number of likely N-dealkylation sites (tertiary alicyclic amines) is 1. The monoisotopic (exact) mass is 458 g/mol. The number of ether oxygens (including phenoxy) is 2. The minimum Gasteiger partial charge on any atom is -0.507 e. The Morgan fingerprint density at radius 1 is 1.03 bits per heavy atom. The fourth-order valence-electron chi connectivity index (χ4n) is 3.98. The molecule has 2 heterocycles. The minimum atomic E-state index is -0.768. The first-order valence-electron chi connectivity index (χ1n) is 11.0. The minimum absolute atomic E-state index is 0.0112. The van der Waals surface area contributed by atoms with Crippen LogP contribution in [0.5, 0.6) is 11.5 Å². The fraction of sp³-hybridized carbons (Fsp3) is 0.222. The van der Waals surface area contributed by atoms with E-state index in [9.17, 15) is 14.7 Å². The fourth-order valence-corrected chi connectivity index (χ4v) is 3.98. The van der Waals surface area contributed by atoms with Gasteiger partial charge in [-0.3, -0.25) is 14.6 Å². The Labute approximate surface area is 198 Å². The lowest BCUT2D eigenvalue weighted by molar-refractivity contribution is -0.140. The average Bonchev–Trinajstić information content (AvgIpc) is 3.09. The molecule has 0 radical (unpaired) electrons. The zero-order chi connectivity index (χ0) is 24.2. The molecule has 4 rings (SSSR count). The van der Waals surface area contributed by atoms with Crippen molar-refractivity contribution in [3.8, 4) is 11.5 Å². The number of pyridine rings is 1. The number of amides is 1. The van der Waals surface area contributed by atoms with E-state index in [1.54, 1.807) is 62.0 Å². The summed E-state index contributed by atoms with van der Waals surface area (Å²) in [5.41, 5.74) is 1.93. The lowest BCUT2D eigenvalue weighted by Gasteiger charge is -2.25. The van der Waals surface area contributed by atoms with Gasteiger partial charge in [-0.05, 0) is 67.4 Å². The molecule has 34 heavy (non-hydrogen) atoms. The smallest absolute Gasteiger partial charge is 0.295 e. The van der Waals surface area contributed by atoms with E-state index >= 15 is 0 Å². The highest BCUT2D eigenvalue weighted by atomic mass is 16.5. The maximum Gasteiger partial charge on any atom is 0.295 e. The van der Waals surface area contributed by atoms with Gasteiger partial charge in [-0.25, -0.2) is 0 Å². The zero-order valence-corrected chi connectivity index (χ0v) is 19.3. The summed E-state index contributed by atoms with van der Waals surface area (Å²) in [5.74, 6) is -0.345. The number of nitrogens with zero attached hydrogens (tertiary/aromatic N) is 2. The van der Waals surface area contributed by atoms with Gasteiger partial charge in [0.05, 0.1) is 24.8 Å². The van der Waals surface area contributed by atoms with Crippen molar-refractivity contribution in [2.75, 3.05) is 7.11 Å². The summed E-state index contributed by atoms with van der Waals surface area (Å²) in [6.07, 6.45) is 3.31. The molecule has 1 amide bonds. The molecule has 0 bridgehead atoms. The van der Waals surface area contributed by atoms with E-state index in [1.165, 1.54) is 4.90 Å². The summed E-state index contributed by atoms with van der Waals surface area (Å²) in [6, 6.07) is 16.7. The van der Waals surface area contributed by atoms with Gasteiger partial charge in [0.2, 0.25) is 0 Å². The van der Waals surface area contributed by atoms with Gasteiger partial charge in [0, 0.05) is 24.5 Å². The summed E-state index contributed by atoms with van der Waals surface area (Å²) < 4.78 is 10.9. The van der Waals surface area contributed by atoms with Crippen LogP contribution in [-0.4, -0.2) is 39.9 Å². The Hall–Kier alpha value is -4.13. The highest BCUT2D eigenvalue weighted by Gasteiger charge is 2.46. The summed E-state index contributed by atoms with van der Waals surface area (Å²) >= 11 is 0. The van der Waals surface area contributed by atoms with Gasteiger partial charge < -0.3 is 19.5 Å². The van der Waals surface area contributed by atoms with Crippen LogP contribution in [0.2, 0.25) is 0 Å². The van der Waals surface area contributed by atoms with E-state index in [0.29, 0.717) is 22.6 Å². The molecule has 0 aliphatic carbocycles. The van der Waals surface area contributed by atoms with Crippen molar-refractivity contribution in [3.05, 3.63) is 95.3 Å². The molecule has 1 aromatic heterocycles. The lowest BCUT2D eigenvalue weighted by Crippen LogP contribution is -2.29. The van der Waals surface area contributed by atoms with Crippen LogP contribution in [0.25, 0.3) is 5.76 Å². The average molecular weight is 459 g/mol. The lowest BCUT2D eigenvalue weighted by atomic mass is 9.95. The number of carbonyl (C=O) groups is 2. The van der Waals surface area contributed by atoms with E-state index in [2.05, 4.69) is 4.98 Å². The summed E-state index contributed by atoms with van der Waals surface area (Å²) in [6.45, 7) is 4.05. The van der Waals surface area contributed by atoms with Crippen molar-refractivity contribution in [2.45, 2.75) is 32.5 Å². The molecular formula is C27H26N2O5. The van der Waals surface area contributed by atoms with Gasteiger partial charge in [-0.15, -0.1) is 0 Å². The molecule has 0 unspecified atom stereocenters. The van der Waals surface area contributed by atoms with Gasteiger partial charge >= 0.3 is 0 Å². The highest BCUT2D eigenvalue weighted by molar-refractivity contribution is 6.46. The number of hydrogen-bond donors (Lipinski definition) is 1. The molecule has 1 N–H and O–H groups in total. The van der Waals surface area contributed by atoms with Gasteiger partial charge in [0.25, 0.3) is 11.7 Å².